The first kappa shape index (κ1) is 17.4. The number of hydrogen-bond donors (Lipinski definition) is 0. The zero-order chi connectivity index (χ0) is 12.8. The molecule has 1 radical (unpaired) electrons. The summed E-state index contributed by atoms with van der Waals surface area (Å²) in [4.78, 5) is 0. The molecule has 0 fully saturated rings. The highest BCUT2D eigenvalue weighted by Crippen LogP contribution is 2.29. The predicted molar refractivity (Wildman–Crippen MR) is 83.5 cm³/mol. The van der Waals surface area contributed by atoms with Crippen molar-refractivity contribution in [2.45, 2.75) is 90.9 Å². The van der Waals surface area contributed by atoms with Gasteiger partial charge in [-0.2, -0.15) is 11.8 Å². The maximum atomic E-state index is 2.29. The lowest BCUT2D eigenvalue weighted by atomic mass is 10.0. The van der Waals surface area contributed by atoms with Crippen molar-refractivity contribution in [1.29, 1.82) is 0 Å². The number of unbranched alkanes of at least 4 members (excludes halogenated alkanes) is 8. The third kappa shape index (κ3) is 12.6. The topological polar surface area (TPSA) is 0 Å². The molecule has 0 aromatic heterocycles. The first-order valence-electron chi connectivity index (χ1n) is 7.73. The Bertz CT molecular complexity index is 133. The van der Waals surface area contributed by atoms with Crippen LogP contribution in [0.25, 0.3) is 0 Å². The Morgan fingerprint density at radius 2 is 1.06 bits per heavy atom. The molecule has 0 heterocycles. The van der Waals surface area contributed by atoms with Crippen molar-refractivity contribution in [2.75, 3.05) is 6.26 Å². The Morgan fingerprint density at radius 3 is 1.53 bits per heavy atom. The van der Waals surface area contributed by atoms with Gasteiger partial charge in [-0.1, -0.05) is 78.1 Å². The molecule has 0 aromatic carbocycles. The maximum absolute atomic E-state index is 2.29. The summed E-state index contributed by atoms with van der Waals surface area (Å²) in [5.74, 6) is 0. The van der Waals surface area contributed by atoms with Crippen molar-refractivity contribution in [2.24, 2.45) is 0 Å². The molecule has 103 valence electrons. The normalized spacial score (nSPS) is 11.3. The summed E-state index contributed by atoms with van der Waals surface area (Å²) in [5.41, 5.74) is 0. The van der Waals surface area contributed by atoms with Crippen LogP contribution in [0.4, 0.5) is 0 Å². The minimum absolute atomic E-state index is 1.35. The molecule has 0 saturated heterocycles. The molecule has 0 aliphatic rings. The van der Waals surface area contributed by atoms with Crippen molar-refractivity contribution >= 4 is 11.8 Å². The minimum atomic E-state index is 1.35. The van der Waals surface area contributed by atoms with Gasteiger partial charge in [-0.05, 0) is 19.1 Å². The van der Waals surface area contributed by atoms with Crippen LogP contribution in [-0.4, -0.2) is 6.26 Å². The molecule has 0 amide bonds. The van der Waals surface area contributed by atoms with E-state index in [0.717, 1.165) is 0 Å². The van der Waals surface area contributed by atoms with E-state index in [0.29, 0.717) is 0 Å². The van der Waals surface area contributed by atoms with Gasteiger partial charge in [0.05, 0.1) is 0 Å². The van der Waals surface area contributed by atoms with Crippen LogP contribution in [0.15, 0.2) is 0 Å². The highest BCUT2D eigenvalue weighted by molar-refractivity contribution is 8.01. The summed E-state index contributed by atoms with van der Waals surface area (Å²) in [5, 5.41) is 1.75. The van der Waals surface area contributed by atoms with E-state index in [2.05, 4.69) is 20.1 Å². The summed E-state index contributed by atoms with van der Waals surface area (Å²) in [6.07, 6.45) is 19.2. The summed E-state index contributed by atoms with van der Waals surface area (Å²) < 4.78 is 0. The monoisotopic (exact) mass is 257 g/mol. The molecule has 17 heavy (non-hydrogen) atoms. The number of hydrogen-bond acceptors (Lipinski definition) is 1. The van der Waals surface area contributed by atoms with E-state index in [1.807, 2.05) is 11.8 Å². The average molecular weight is 258 g/mol. The first-order chi connectivity index (χ1) is 8.35. The van der Waals surface area contributed by atoms with Crippen molar-refractivity contribution in [3.05, 3.63) is 5.25 Å². The van der Waals surface area contributed by atoms with Gasteiger partial charge in [0.2, 0.25) is 0 Å². The quantitative estimate of drug-likeness (QED) is 0.335. The third-order valence-electron chi connectivity index (χ3n) is 3.41. The van der Waals surface area contributed by atoms with Crippen LogP contribution in [0.5, 0.6) is 0 Å². The Hall–Kier alpha value is 0.350. The molecule has 1 heteroatoms. The average Bonchev–Trinajstić information content (AvgIpc) is 2.36. The molecule has 0 rings (SSSR count). The van der Waals surface area contributed by atoms with Crippen LogP contribution in [-0.2, 0) is 0 Å². The second-order valence-electron chi connectivity index (χ2n) is 5.07. The van der Waals surface area contributed by atoms with E-state index in [-0.39, 0.29) is 0 Å². The Kier molecular flexibility index (Phi) is 14.7. The van der Waals surface area contributed by atoms with Crippen LogP contribution >= 0.6 is 11.8 Å². The molecule has 0 spiro atoms. The largest absolute Gasteiger partial charge is 0.157 e. The SMILES string of the molecule is CCCCCCCC[C](CCCCCC)SC. The molecule has 0 saturated carbocycles. The first-order valence-corrected chi connectivity index (χ1v) is 8.96. The van der Waals surface area contributed by atoms with Crippen LogP contribution < -0.4 is 0 Å². The smallest absolute Gasteiger partial charge is 0.0303 e. The van der Waals surface area contributed by atoms with E-state index < -0.39 is 0 Å². The highest BCUT2D eigenvalue weighted by atomic mass is 32.2. The lowest BCUT2D eigenvalue weighted by Gasteiger charge is -2.13. The van der Waals surface area contributed by atoms with Crippen molar-refractivity contribution in [1.82, 2.24) is 0 Å². The van der Waals surface area contributed by atoms with Gasteiger partial charge < -0.3 is 0 Å². The fourth-order valence-electron chi connectivity index (χ4n) is 2.18. The van der Waals surface area contributed by atoms with Crippen molar-refractivity contribution < 1.29 is 0 Å². The molecule has 0 atom stereocenters. The van der Waals surface area contributed by atoms with Crippen LogP contribution in [0, 0.1) is 5.25 Å². The zero-order valence-electron chi connectivity index (χ0n) is 12.4. The summed E-state index contributed by atoms with van der Waals surface area (Å²) in [6.45, 7) is 4.57. The van der Waals surface area contributed by atoms with Crippen LogP contribution in [0.2, 0.25) is 0 Å². The fourth-order valence-corrected chi connectivity index (χ4v) is 2.88. The second kappa shape index (κ2) is 14.4. The van der Waals surface area contributed by atoms with Gasteiger partial charge in [-0.3, -0.25) is 0 Å². The molecule has 0 aliphatic heterocycles. The molecule has 0 aromatic rings. The van der Waals surface area contributed by atoms with Crippen LogP contribution in [0.1, 0.15) is 90.9 Å². The molecular weight excluding hydrogens is 224 g/mol. The Balaban J connectivity index is 3.28. The summed E-state index contributed by atoms with van der Waals surface area (Å²) >= 11 is 2.01. The zero-order valence-corrected chi connectivity index (χ0v) is 13.2. The Morgan fingerprint density at radius 1 is 0.647 bits per heavy atom. The van der Waals surface area contributed by atoms with Gasteiger partial charge >= 0.3 is 0 Å². The van der Waals surface area contributed by atoms with Crippen molar-refractivity contribution in [3.8, 4) is 0 Å². The molecule has 0 aliphatic carbocycles. The highest BCUT2D eigenvalue weighted by Gasteiger charge is 2.06. The standard InChI is InChI=1S/C16H33S/c1-4-6-8-10-11-13-15-16(17-3)14-12-9-7-5-2/h4-15H2,1-3H3. The van der Waals surface area contributed by atoms with Crippen molar-refractivity contribution in [3.63, 3.8) is 0 Å². The second-order valence-corrected chi connectivity index (χ2v) is 6.06. The molecule has 0 unspecified atom stereocenters. The minimum Gasteiger partial charge on any atom is -0.157 e. The van der Waals surface area contributed by atoms with E-state index in [9.17, 15) is 0 Å². The van der Waals surface area contributed by atoms with E-state index in [1.165, 1.54) is 77.0 Å². The third-order valence-corrected chi connectivity index (χ3v) is 4.39. The lowest BCUT2D eigenvalue weighted by Crippen LogP contribution is -1.93. The summed E-state index contributed by atoms with van der Waals surface area (Å²) in [7, 11) is 0. The van der Waals surface area contributed by atoms with Gasteiger partial charge in [0.1, 0.15) is 0 Å². The number of thioether (sulfide) groups is 1. The van der Waals surface area contributed by atoms with Gasteiger partial charge in [-0.25, -0.2) is 0 Å². The maximum Gasteiger partial charge on any atom is 0.0303 e. The fraction of sp³-hybridized carbons (Fsp3) is 0.938. The Labute approximate surface area is 114 Å². The number of rotatable bonds is 13. The van der Waals surface area contributed by atoms with E-state index in [1.54, 1.807) is 5.25 Å². The lowest BCUT2D eigenvalue weighted by molar-refractivity contribution is 0.586. The predicted octanol–water partition coefficient (Wildman–Crippen LogP) is 6.60. The van der Waals surface area contributed by atoms with Gasteiger partial charge in [-0.15, -0.1) is 0 Å². The molecule has 0 N–H and O–H groups in total. The van der Waals surface area contributed by atoms with Gasteiger partial charge in [0, 0.05) is 5.25 Å². The summed E-state index contributed by atoms with van der Waals surface area (Å²) in [6, 6.07) is 0. The molecule has 0 nitrogen and oxygen atoms in total. The van der Waals surface area contributed by atoms with E-state index >= 15 is 0 Å². The van der Waals surface area contributed by atoms with Crippen LogP contribution in [0.3, 0.4) is 0 Å². The molecule has 0 bridgehead atoms. The van der Waals surface area contributed by atoms with E-state index in [4.69, 9.17) is 0 Å². The van der Waals surface area contributed by atoms with Gasteiger partial charge in [0.25, 0.3) is 0 Å². The molecular formula is C16H33S. The van der Waals surface area contributed by atoms with Gasteiger partial charge in [0.15, 0.2) is 0 Å².